The lowest BCUT2D eigenvalue weighted by molar-refractivity contribution is 0.138. The van der Waals surface area contributed by atoms with Gasteiger partial charge < -0.3 is 10.1 Å². The smallest absolute Gasteiger partial charge is 0.123 e. The summed E-state index contributed by atoms with van der Waals surface area (Å²) < 4.78 is 7.87. The molecule has 22 heavy (non-hydrogen) atoms. The second-order valence-electron chi connectivity index (χ2n) is 6.86. The molecule has 0 fully saturated rings. The van der Waals surface area contributed by atoms with Crippen molar-refractivity contribution in [1.82, 2.24) is 15.1 Å². The van der Waals surface area contributed by atoms with Gasteiger partial charge in [0.15, 0.2) is 0 Å². The number of aromatic nitrogens is 2. The van der Waals surface area contributed by atoms with E-state index in [4.69, 9.17) is 4.74 Å². The van der Waals surface area contributed by atoms with Gasteiger partial charge in [-0.25, -0.2) is 0 Å². The third-order valence-electron chi connectivity index (χ3n) is 4.42. The third kappa shape index (κ3) is 2.88. The molecule has 4 heteroatoms. The van der Waals surface area contributed by atoms with Gasteiger partial charge >= 0.3 is 0 Å². The lowest BCUT2D eigenvalue weighted by Crippen LogP contribution is -2.24. The van der Waals surface area contributed by atoms with Crippen LogP contribution in [0.1, 0.15) is 41.9 Å². The topological polar surface area (TPSA) is 39.1 Å². The van der Waals surface area contributed by atoms with Crippen LogP contribution in [0.2, 0.25) is 0 Å². The largest absolute Gasteiger partial charge is 0.487 e. The predicted octanol–water partition coefficient (Wildman–Crippen LogP) is 3.04. The number of aryl methyl sites for hydroxylation is 2. The quantitative estimate of drug-likeness (QED) is 0.943. The van der Waals surface area contributed by atoms with Crippen LogP contribution in [0.15, 0.2) is 18.2 Å². The highest BCUT2D eigenvalue weighted by molar-refractivity contribution is 5.41. The summed E-state index contributed by atoms with van der Waals surface area (Å²) in [4.78, 5) is 0. The molecule has 3 rings (SSSR count). The first-order chi connectivity index (χ1) is 10.4. The molecule has 2 aromatic rings. The molecule has 0 amide bonds. The summed E-state index contributed by atoms with van der Waals surface area (Å²) in [5.41, 5.74) is 6.19. The minimum atomic E-state index is -0.0711. The molecule has 0 spiro atoms. The van der Waals surface area contributed by atoms with Crippen molar-refractivity contribution in [2.24, 2.45) is 7.05 Å². The van der Waals surface area contributed by atoms with Crippen LogP contribution in [0.3, 0.4) is 0 Å². The van der Waals surface area contributed by atoms with Gasteiger partial charge in [0, 0.05) is 37.8 Å². The molecule has 0 bridgehead atoms. The normalized spacial score (nSPS) is 15.7. The Hall–Kier alpha value is -1.81. The van der Waals surface area contributed by atoms with Crippen LogP contribution in [-0.2, 0) is 26.6 Å². The van der Waals surface area contributed by atoms with Crippen molar-refractivity contribution >= 4 is 0 Å². The maximum absolute atomic E-state index is 5.93. The van der Waals surface area contributed by atoms with E-state index in [9.17, 15) is 0 Å². The highest BCUT2D eigenvalue weighted by Gasteiger charge is 2.29. The van der Waals surface area contributed by atoms with Crippen molar-refractivity contribution in [3.63, 3.8) is 0 Å². The Labute approximate surface area is 132 Å². The highest BCUT2D eigenvalue weighted by Crippen LogP contribution is 2.35. The van der Waals surface area contributed by atoms with Gasteiger partial charge in [-0.15, -0.1) is 0 Å². The van der Waals surface area contributed by atoms with Crippen LogP contribution < -0.4 is 10.1 Å². The van der Waals surface area contributed by atoms with E-state index < -0.39 is 0 Å². The molecule has 2 heterocycles. The monoisotopic (exact) mass is 299 g/mol. The van der Waals surface area contributed by atoms with E-state index in [2.05, 4.69) is 56.3 Å². The zero-order valence-corrected chi connectivity index (χ0v) is 14.2. The van der Waals surface area contributed by atoms with Crippen molar-refractivity contribution in [2.75, 3.05) is 0 Å². The van der Waals surface area contributed by atoms with Crippen molar-refractivity contribution in [1.29, 1.82) is 0 Å². The molecular formula is C18H25N3O. The molecule has 1 aromatic heterocycles. The van der Waals surface area contributed by atoms with Gasteiger partial charge in [-0.1, -0.05) is 12.1 Å². The van der Waals surface area contributed by atoms with E-state index in [1.54, 1.807) is 0 Å². The van der Waals surface area contributed by atoms with Crippen LogP contribution >= 0.6 is 0 Å². The Morgan fingerprint density at radius 3 is 2.73 bits per heavy atom. The van der Waals surface area contributed by atoms with Crippen LogP contribution in [0.25, 0.3) is 0 Å². The number of nitrogens with zero attached hydrogens (tertiary/aromatic N) is 2. The first kappa shape index (κ1) is 15.1. The second kappa shape index (κ2) is 5.43. The fraction of sp³-hybridized carbons (Fsp3) is 0.500. The summed E-state index contributed by atoms with van der Waals surface area (Å²) in [7, 11) is 1.99. The van der Waals surface area contributed by atoms with Gasteiger partial charge in [0.2, 0.25) is 0 Å². The number of ether oxygens (including phenoxy) is 1. The fourth-order valence-electron chi connectivity index (χ4n) is 3.18. The first-order valence-electron chi connectivity index (χ1n) is 7.86. The van der Waals surface area contributed by atoms with E-state index in [1.807, 2.05) is 11.7 Å². The van der Waals surface area contributed by atoms with E-state index in [0.717, 1.165) is 31.0 Å². The molecule has 0 aliphatic carbocycles. The second-order valence-corrected chi connectivity index (χ2v) is 6.86. The van der Waals surface area contributed by atoms with Crippen molar-refractivity contribution in [3.8, 4) is 5.75 Å². The molecule has 118 valence electrons. The number of nitrogens with one attached hydrogen (secondary N) is 1. The maximum Gasteiger partial charge on any atom is 0.123 e. The molecule has 0 radical (unpaired) electrons. The van der Waals surface area contributed by atoms with Crippen molar-refractivity contribution in [3.05, 3.63) is 46.3 Å². The van der Waals surface area contributed by atoms with Gasteiger partial charge in [-0.3, -0.25) is 4.68 Å². The van der Waals surface area contributed by atoms with E-state index in [0.29, 0.717) is 0 Å². The Morgan fingerprint density at radius 2 is 2.05 bits per heavy atom. The fourth-order valence-corrected chi connectivity index (χ4v) is 3.18. The SMILES string of the molecule is Cc1nn(C)c(C)c1CNCc1ccc2c(c1)CC(C)(C)O2. The molecule has 0 atom stereocenters. The standard InChI is InChI=1S/C18H25N3O/c1-12-16(13(2)21(5)20-12)11-19-10-14-6-7-17-15(8-14)9-18(3,4)22-17/h6-8,19H,9-11H2,1-5H3. The number of rotatable bonds is 4. The Bertz CT molecular complexity index is 701. The molecule has 0 saturated carbocycles. The Morgan fingerprint density at radius 1 is 1.27 bits per heavy atom. The summed E-state index contributed by atoms with van der Waals surface area (Å²) in [6, 6.07) is 6.51. The minimum absolute atomic E-state index is 0.0711. The summed E-state index contributed by atoms with van der Waals surface area (Å²) in [6.45, 7) is 10.2. The molecule has 1 aliphatic rings. The maximum atomic E-state index is 5.93. The summed E-state index contributed by atoms with van der Waals surface area (Å²) in [5.74, 6) is 1.03. The van der Waals surface area contributed by atoms with Gasteiger partial charge in [0.1, 0.15) is 11.4 Å². The molecule has 1 aromatic carbocycles. The Kier molecular flexibility index (Phi) is 3.73. The van der Waals surface area contributed by atoms with Gasteiger partial charge in [0.05, 0.1) is 5.69 Å². The molecular weight excluding hydrogens is 274 g/mol. The molecule has 0 unspecified atom stereocenters. The van der Waals surface area contributed by atoms with Gasteiger partial charge in [-0.05, 0) is 44.9 Å². The lowest BCUT2D eigenvalue weighted by atomic mass is 10.0. The van der Waals surface area contributed by atoms with Gasteiger partial charge in [0.25, 0.3) is 0 Å². The van der Waals surface area contributed by atoms with E-state index in [-0.39, 0.29) is 5.60 Å². The number of hydrogen-bond donors (Lipinski definition) is 1. The molecule has 0 saturated heterocycles. The van der Waals surface area contributed by atoms with Crippen LogP contribution in [-0.4, -0.2) is 15.4 Å². The van der Waals surface area contributed by atoms with Crippen LogP contribution in [0, 0.1) is 13.8 Å². The number of fused-ring (bicyclic) bond motifs is 1. The van der Waals surface area contributed by atoms with E-state index in [1.165, 1.54) is 22.4 Å². The van der Waals surface area contributed by atoms with Crippen molar-refractivity contribution in [2.45, 2.75) is 52.8 Å². The molecule has 1 aliphatic heterocycles. The highest BCUT2D eigenvalue weighted by atomic mass is 16.5. The average molecular weight is 299 g/mol. The zero-order valence-electron chi connectivity index (χ0n) is 14.2. The first-order valence-corrected chi connectivity index (χ1v) is 7.86. The number of hydrogen-bond acceptors (Lipinski definition) is 3. The molecule has 1 N–H and O–H groups in total. The van der Waals surface area contributed by atoms with Crippen LogP contribution in [0.4, 0.5) is 0 Å². The van der Waals surface area contributed by atoms with Gasteiger partial charge in [-0.2, -0.15) is 5.10 Å². The summed E-state index contributed by atoms with van der Waals surface area (Å²) in [5, 5.41) is 7.99. The summed E-state index contributed by atoms with van der Waals surface area (Å²) >= 11 is 0. The number of benzene rings is 1. The molecule has 4 nitrogen and oxygen atoms in total. The predicted molar refractivity (Wildman–Crippen MR) is 88.1 cm³/mol. The third-order valence-corrected chi connectivity index (χ3v) is 4.42. The minimum Gasteiger partial charge on any atom is -0.487 e. The van der Waals surface area contributed by atoms with E-state index >= 15 is 0 Å². The lowest BCUT2D eigenvalue weighted by Gasteiger charge is -2.16. The zero-order chi connectivity index (χ0) is 15.9. The average Bonchev–Trinajstić information content (AvgIpc) is 2.86. The van der Waals surface area contributed by atoms with Crippen molar-refractivity contribution < 1.29 is 4.74 Å². The van der Waals surface area contributed by atoms with Crippen LogP contribution in [0.5, 0.6) is 5.75 Å². The Balaban J connectivity index is 1.64. The summed E-state index contributed by atoms with van der Waals surface area (Å²) in [6.07, 6.45) is 0.983.